The van der Waals surface area contributed by atoms with E-state index < -0.39 is 5.91 Å². The molecule has 0 aliphatic carbocycles. The molecule has 0 aliphatic heterocycles. The molecular formula is C23H37N5O2S. The summed E-state index contributed by atoms with van der Waals surface area (Å²) in [7, 11) is 0. The van der Waals surface area contributed by atoms with Crippen LogP contribution in [0.3, 0.4) is 0 Å². The second-order valence-electron chi connectivity index (χ2n) is 8.23. The number of amides is 2. The lowest BCUT2D eigenvalue weighted by molar-refractivity contribution is -0.121. The fourth-order valence-electron chi connectivity index (χ4n) is 2.74. The summed E-state index contributed by atoms with van der Waals surface area (Å²) in [6.07, 6.45) is 6.89. The van der Waals surface area contributed by atoms with Crippen molar-refractivity contribution in [2.24, 2.45) is 27.1 Å². The van der Waals surface area contributed by atoms with Crippen LogP contribution in [0.5, 0.6) is 0 Å². The molecule has 0 radical (unpaired) electrons. The van der Waals surface area contributed by atoms with Crippen LogP contribution in [0.15, 0.2) is 34.4 Å². The van der Waals surface area contributed by atoms with E-state index in [1.54, 1.807) is 30.5 Å². The second-order valence-corrected chi connectivity index (χ2v) is 9.45. The Kier molecular flexibility index (Phi) is 12.6. The van der Waals surface area contributed by atoms with E-state index in [0.29, 0.717) is 48.2 Å². The molecule has 5 N–H and O–H groups in total. The number of hydrazone groups is 1. The second kappa shape index (κ2) is 14.6. The van der Waals surface area contributed by atoms with Crippen LogP contribution in [0.1, 0.15) is 69.7 Å². The first-order chi connectivity index (χ1) is 14.8. The standard InChI is InChI=1S/C23H37N5O2S/c1-4-23(2,3)13-6-15-31-16-14-26-21(29)8-5-7-20(28-25)17-27-19-11-9-18(10-12-19)22(24)30/h9-12,17H,4-8,13-16,25H2,1-3H3,(H2,24,30)(H,26,29). The van der Waals surface area contributed by atoms with Gasteiger partial charge in [-0.1, -0.05) is 27.2 Å². The molecule has 0 unspecified atom stereocenters. The minimum atomic E-state index is -0.479. The van der Waals surface area contributed by atoms with Gasteiger partial charge in [0, 0.05) is 24.3 Å². The van der Waals surface area contributed by atoms with E-state index >= 15 is 0 Å². The predicted octanol–water partition coefficient (Wildman–Crippen LogP) is 4.04. The van der Waals surface area contributed by atoms with Gasteiger partial charge >= 0.3 is 0 Å². The number of aliphatic imine (C=N–C) groups is 1. The fraction of sp³-hybridized carbons (Fsp3) is 0.565. The van der Waals surface area contributed by atoms with E-state index in [1.165, 1.54) is 19.3 Å². The number of rotatable bonds is 15. The maximum atomic E-state index is 12.0. The topological polar surface area (TPSA) is 123 Å². The van der Waals surface area contributed by atoms with Crippen LogP contribution in [0.2, 0.25) is 0 Å². The molecule has 8 heteroatoms. The van der Waals surface area contributed by atoms with E-state index in [4.69, 9.17) is 11.6 Å². The van der Waals surface area contributed by atoms with Crippen molar-refractivity contribution in [3.8, 4) is 0 Å². The Morgan fingerprint density at radius 1 is 1.13 bits per heavy atom. The van der Waals surface area contributed by atoms with Crippen LogP contribution >= 0.6 is 11.8 Å². The van der Waals surface area contributed by atoms with Gasteiger partial charge < -0.3 is 16.9 Å². The van der Waals surface area contributed by atoms with Crippen molar-refractivity contribution in [3.63, 3.8) is 0 Å². The number of carbonyl (C=O) groups excluding carboxylic acids is 2. The van der Waals surface area contributed by atoms with Crippen LogP contribution in [0.4, 0.5) is 5.69 Å². The first-order valence-electron chi connectivity index (χ1n) is 10.8. The molecule has 31 heavy (non-hydrogen) atoms. The monoisotopic (exact) mass is 447 g/mol. The Morgan fingerprint density at radius 2 is 1.84 bits per heavy atom. The average Bonchev–Trinajstić information content (AvgIpc) is 2.75. The Morgan fingerprint density at radius 3 is 2.45 bits per heavy atom. The quantitative estimate of drug-likeness (QED) is 0.162. The van der Waals surface area contributed by atoms with Gasteiger partial charge in [-0.3, -0.25) is 14.6 Å². The van der Waals surface area contributed by atoms with Gasteiger partial charge in [-0.05, 0) is 61.1 Å². The van der Waals surface area contributed by atoms with Crippen molar-refractivity contribution in [1.29, 1.82) is 0 Å². The molecule has 0 saturated heterocycles. The van der Waals surface area contributed by atoms with Gasteiger partial charge in [0.15, 0.2) is 0 Å². The molecular weight excluding hydrogens is 410 g/mol. The Labute approximate surface area is 190 Å². The van der Waals surface area contributed by atoms with E-state index in [2.05, 4.69) is 36.2 Å². The molecule has 0 atom stereocenters. The van der Waals surface area contributed by atoms with Gasteiger partial charge in [-0.2, -0.15) is 16.9 Å². The van der Waals surface area contributed by atoms with Crippen LogP contribution in [0.25, 0.3) is 0 Å². The van der Waals surface area contributed by atoms with Crippen molar-refractivity contribution in [2.75, 3.05) is 18.1 Å². The number of carbonyl (C=O) groups is 2. The molecule has 1 aromatic carbocycles. The zero-order chi connectivity index (χ0) is 23.1. The third-order valence-electron chi connectivity index (χ3n) is 5.18. The van der Waals surface area contributed by atoms with Crippen molar-refractivity contribution in [1.82, 2.24) is 5.32 Å². The molecule has 0 fully saturated rings. The molecule has 0 bridgehead atoms. The summed E-state index contributed by atoms with van der Waals surface area (Å²) in [5.74, 6) is 7.07. The van der Waals surface area contributed by atoms with Gasteiger partial charge in [-0.25, -0.2) is 0 Å². The fourth-order valence-corrected chi connectivity index (χ4v) is 3.53. The third-order valence-corrected chi connectivity index (χ3v) is 6.26. The highest BCUT2D eigenvalue weighted by molar-refractivity contribution is 7.99. The van der Waals surface area contributed by atoms with Gasteiger partial charge in [0.1, 0.15) is 0 Å². The minimum absolute atomic E-state index is 0.0445. The molecule has 0 aliphatic rings. The van der Waals surface area contributed by atoms with Gasteiger partial charge in [-0.15, -0.1) is 0 Å². The van der Waals surface area contributed by atoms with Gasteiger partial charge in [0.2, 0.25) is 11.8 Å². The molecule has 1 aromatic rings. The first-order valence-corrected chi connectivity index (χ1v) is 12.0. The van der Waals surface area contributed by atoms with Crippen molar-refractivity contribution in [3.05, 3.63) is 29.8 Å². The average molecular weight is 448 g/mol. The Hall–Kier alpha value is -2.35. The first kappa shape index (κ1) is 26.7. The molecule has 0 saturated carbocycles. The summed E-state index contributed by atoms with van der Waals surface area (Å²) in [5, 5.41) is 6.69. The summed E-state index contributed by atoms with van der Waals surface area (Å²) < 4.78 is 0. The number of thioether (sulfide) groups is 1. The normalized spacial score (nSPS) is 12.3. The minimum Gasteiger partial charge on any atom is -0.366 e. The summed E-state index contributed by atoms with van der Waals surface area (Å²) >= 11 is 1.89. The highest BCUT2D eigenvalue weighted by Crippen LogP contribution is 2.26. The number of benzene rings is 1. The number of nitrogens with two attached hydrogens (primary N) is 2. The lowest BCUT2D eigenvalue weighted by Crippen LogP contribution is -2.25. The zero-order valence-corrected chi connectivity index (χ0v) is 19.8. The number of nitrogens with one attached hydrogen (secondary N) is 1. The van der Waals surface area contributed by atoms with Crippen molar-refractivity contribution < 1.29 is 9.59 Å². The third kappa shape index (κ3) is 12.2. The maximum absolute atomic E-state index is 12.0. The van der Waals surface area contributed by atoms with Crippen molar-refractivity contribution >= 4 is 41.2 Å². The van der Waals surface area contributed by atoms with Crippen LogP contribution < -0.4 is 16.9 Å². The summed E-state index contributed by atoms with van der Waals surface area (Å²) in [4.78, 5) is 27.3. The van der Waals surface area contributed by atoms with E-state index in [1.807, 2.05) is 11.8 Å². The smallest absolute Gasteiger partial charge is 0.248 e. The number of nitrogens with zero attached hydrogens (tertiary/aromatic N) is 2. The molecule has 0 heterocycles. The summed E-state index contributed by atoms with van der Waals surface area (Å²) in [5.41, 5.74) is 7.35. The molecule has 0 spiro atoms. The van der Waals surface area contributed by atoms with E-state index in [-0.39, 0.29) is 5.91 Å². The van der Waals surface area contributed by atoms with E-state index in [0.717, 1.165) is 11.5 Å². The Balaban J connectivity index is 2.18. The highest BCUT2D eigenvalue weighted by Gasteiger charge is 2.13. The maximum Gasteiger partial charge on any atom is 0.248 e. The largest absolute Gasteiger partial charge is 0.366 e. The number of primary amides is 1. The summed E-state index contributed by atoms with van der Waals surface area (Å²) in [6, 6.07) is 6.62. The number of hydrogen-bond acceptors (Lipinski definition) is 6. The molecule has 2 amide bonds. The van der Waals surface area contributed by atoms with Crippen LogP contribution in [-0.2, 0) is 4.79 Å². The zero-order valence-electron chi connectivity index (χ0n) is 19.0. The van der Waals surface area contributed by atoms with E-state index in [9.17, 15) is 9.59 Å². The van der Waals surface area contributed by atoms with Gasteiger partial charge in [0.05, 0.1) is 17.6 Å². The lowest BCUT2D eigenvalue weighted by atomic mass is 9.86. The van der Waals surface area contributed by atoms with Crippen LogP contribution in [-0.4, -0.2) is 41.8 Å². The summed E-state index contributed by atoms with van der Waals surface area (Å²) in [6.45, 7) is 7.56. The lowest BCUT2D eigenvalue weighted by Gasteiger charge is -2.21. The molecule has 0 aromatic heterocycles. The predicted molar refractivity (Wildman–Crippen MR) is 132 cm³/mol. The highest BCUT2D eigenvalue weighted by atomic mass is 32.2. The number of hydrogen-bond donors (Lipinski definition) is 3. The molecule has 7 nitrogen and oxygen atoms in total. The molecule has 172 valence electrons. The SMILES string of the molecule is CCC(C)(C)CCCSCCNC(=O)CCCC(C=Nc1ccc(C(N)=O)cc1)=NN. The van der Waals surface area contributed by atoms with Crippen LogP contribution in [0, 0.1) is 5.41 Å². The Bertz CT molecular complexity index is 745. The molecule has 1 rings (SSSR count). The van der Waals surface area contributed by atoms with Crippen molar-refractivity contribution in [2.45, 2.75) is 59.3 Å². The van der Waals surface area contributed by atoms with Gasteiger partial charge in [0.25, 0.3) is 0 Å².